The largest absolute Gasteiger partial charge is 0.491 e. The van der Waals surface area contributed by atoms with Crippen molar-refractivity contribution in [2.45, 2.75) is 6.42 Å². The van der Waals surface area contributed by atoms with Gasteiger partial charge < -0.3 is 19.5 Å². The molecule has 4 nitrogen and oxygen atoms in total. The van der Waals surface area contributed by atoms with Crippen molar-refractivity contribution in [1.82, 2.24) is 5.32 Å². The van der Waals surface area contributed by atoms with E-state index in [1.807, 2.05) is 18.2 Å². The zero-order valence-electron chi connectivity index (χ0n) is 12.4. The number of nitrogens with one attached hydrogen (secondary N) is 1. The average molecular weight is 279 g/mol. The van der Waals surface area contributed by atoms with Crippen LogP contribution in [0.3, 0.4) is 0 Å². The Bertz CT molecular complexity index is 380. The number of para-hydroxylation sites is 1. The molecule has 0 radical (unpaired) electrons. The summed E-state index contributed by atoms with van der Waals surface area (Å²) >= 11 is 0. The Morgan fingerprint density at radius 3 is 2.60 bits per heavy atom. The van der Waals surface area contributed by atoms with Crippen molar-refractivity contribution in [3.63, 3.8) is 0 Å². The summed E-state index contributed by atoms with van der Waals surface area (Å²) in [5.41, 5.74) is 1.10. The van der Waals surface area contributed by atoms with E-state index in [2.05, 4.69) is 23.5 Å². The summed E-state index contributed by atoms with van der Waals surface area (Å²) in [6, 6.07) is 8.02. The normalized spacial score (nSPS) is 11.1. The summed E-state index contributed by atoms with van der Waals surface area (Å²) in [4.78, 5) is 0. The second kappa shape index (κ2) is 11.5. The number of methoxy groups -OCH3 is 2. The summed E-state index contributed by atoms with van der Waals surface area (Å²) in [6.07, 6.45) is 5.23. The van der Waals surface area contributed by atoms with Gasteiger partial charge in [-0.05, 0) is 19.0 Å². The maximum atomic E-state index is 5.68. The fraction of sp³-hybridized carbons (Fsp3) is 0.500. The molecule has 0 aliphatic carbocycles. The smallest absolute Gasteiger partial charge is 0.126 e. The third kappa shape index (κ3) is 7.28. The first kappa shape index (κ1) is 16.7. The molecule has 0 heterocycles. The maximum absolute atomic E-state index is 5.68. The van der Waals surface area contributed by atoms with Gasteiger partial charge in [0, 0.05) is 26.3 Å². The van der Waals surface area contributed by atoms with Gasteiger partial charge in [-0.3, -0.25) is 0 Å². The van der Waals surface area contributed by atoms with E-state index >= 15 is 0 Å². The van der Waals surface area contributed by atoms with Gasteiger partial charge in [-0.1, -0.05) is 30.4 Å². The lowest BCUT2D eigenvalue weighted by Crippen LogP contribution is -2.19. The standard InChI is InChI=1S/C16H25NO3/c1-18-12-11-17-10-6-5-8-15-7-3-4-9-16(15)20-14-13-19-2/h3-5,7-9,17H,6,10-14H2,1-2H3/b8-5+. The van der Waals surface area contributed by atoms with E-state index in [-0.39, 0.29) is 0 Å². The van der Waals surface area contributed by atoms with Crippen molar-refractivity contribution >= 4 is 6.08 Å². The summed E-state index contributed by atoms with van der Waals surface area (Å²) in [5, 5.41) is 3.31. The highest BCUT2D eigenvalue weighted by Crippen LogP contribution is 2.19. The van der Waals surface area contributed by atoms with Gasteiger partial charge in [0.25, 0.3) is 0 Å². The zero-order valence-corrected chi connectivity index (χ0v) is 12.4. The van der Waals surface area contributed by atoms with Crippen LogP contribution >= 0.6 is 0 Å². The molecule has 0 spiro atoms. The molecule has 20 heavy (non-hydrogen) atoms. The summed E-state index contributed by atoms with van der Waals surface area (Å²) in [7, 11) is 3.38. The van der Waals surface area contributed by atoms with Crippen LogP contribution < -0.4 is 10.1 Å². The van der Waals surface area contributed by atoms with Crippen molar-refractivity contribution in [3.05, 3.63) is 35.9 Å². The molecule has 0 aliphatic heterocycles. The number of rotatable bonds is 11. The third-order valence-electron chi connectivity index (χ3n) is 2.73. The van der Waals surface area contributed by atoms with Crippen molar-refractivity contribution in [3.8, 4) is 5.75 Å². The Hall–Kier alpha value is -1.36. The van der Waals surface area contributed by atoms with E-state index in [1.165, 1.54) is 0 Å². The van der Waals surface area contributed by atoms with Crippen molar-refractivity contribution in [1.29, 1.82) is 0 Å². The quantitative estimate of drug-likeness (QED) is 0.631. The lowest BCUT2D eigenvalue weighted by molar-refractivity contribution is 0.146. The monoisotopic (exact) mass is 279 g/mol. The van der Waals surface area contributed by atoms with Crippen LogP contribution in [0.15, 0.2) is 30.3 Å². The first-order chi connectivity index (χ1) is 9.88. The highest BCUT2D eigenvalue weighted by atomic mass is 16.5. The molecule has 1 N–H and O–H groups in total. The SMILES string of the molecule is COCCNCC/C=C/c1ccccc1OCCOC. The molecular formula is C16H25NO3. The highest BCUT2D eigenvalue weighted by molar-refractivity contribution is 5.57. The first-order valence-corrected chi connectivity index (χ1v) is 6.95. The molecule has 4 heteroatoms. The van der Waals surface area contributed by atoms with Crippen LogP contribution in [0.4, 0.5) is 0 Å². The molecule has 1 aromatic rings. The minimum absolute atomic E-state index is 0.569. The Kier molecular flexibility index (Phi) is 9.57. The van der Waals surface area contributed by atoms with Crippen LogP contribution in [-0.4, -0.2) is 47.1 Å². The zero-order chi connectivity index (χ0) is 14.5. The number of hydrogen-bond donors (Lipinski definition) is 1. The van der Waals surface area contributed by atoms with Gasteiger partial charge in [0.2, 0.25) is 0 Å². The number of hydrogen-bond acceptors (Lipinski definition) is 4. The second-order valence-corrected chi connectivity index (χ2v) is 4.31. The van der Waals surface area contributed by atoms with Crippen molar-refractivity contribution in [2.24, 2.45) is 0 Å². The van der Waals surface area contributed by atoms with Gasteiger partial charge in [0.05, 0.1) is 13.2 Å². The van der Waals surface area contributed by atoms with Gasteiger partial charge in [-0.15, -0.1) is 0 Å². The molecule has 0 saturated carbocycles. The van der Waals surface area contributed by atoms with Crippen molar-refractivity contribution in [2.75, 3.05) is 47.1 Å². The Labute approximate surface area is 121 Å². The van der Waals surface area contributed by atoms with Crippen LogP contribution in [0.5, 0.6) is 5.75 Å². The Balaban J connectivity index is 2.34. The van der Waals surface area contributed by atoms with Gasteiger partial charge in [0.15, 0.2) is 0 Å². The molecule has 0 aliphatic rings. The second-order valence-electron chi connectivity index (χ2n) is 4.31. The van der Waals surface area contributed by atoms with Crippen molar-refractivity contribution < 1.29 is 14.2 Å². The average Bonchev–Trinajstić information content (AvgIpc) is 2.48. The predicted octanol–water partition coefficient (Wildman–Crippen LogP) is 2.35. The van der Waals surface area contributed by atoms with Crippen LogP contribution in [0.25, 0.3) is 6.08 Å². The molecule has 0 amide bonds. The molecule has 0 bridgehead atoms. The third-order valence-corrected chi connectivity index (χ3v) is 2.73. The molecular weight excluding hydrogens is 254 g/mol. The fourth-order valence-corrected chi connectivity index (χ4v) is 1.68. The summed E-state index contributed by atoms with van der Waals surface area (Å²) in [6.45, 7) is 3.76. The van der Waals surface area contributed by atoms with E-state index in [0.717, 1.165) is 37.4 Å². The Morgan fingerprint density at radius 2 is 1.80 bits per heavy atom. The van der Waals surface area contributed by atoms with Crippen LogP contribution in [-0.2, 0) is 9.47 Å². The molecule has 1 aromatic carbocycles. The van der Waals surface area contributed by atoms with E-state index in [9.17, 15) is 0 Å². The fourth-order valence-electron chi connectivity index (χ4n) is 1.68. The van der Waals surface area contributed by atoms with Crippen LogP contribution in [0.1, 0.15) is 12.0 Å². The minimum atomic E-state index is 0.569. The molecule has 0 atom stereocenters. The highest BCUT2D eigenvalue weighted by Gasteiger charge is 1.98. The molecule has 0 unspecified atom stereocenters. The molecule has 0 saturated heterocycles. The lowest BCUT2D eigenvalue weighted by Gasteiger charge is -2.08. The van der Waals surface area contributed by atoms with E-state index in [0.29, 0.717) is 13.2 Å². The van der Waals surface area contributed by atoms with Gasteiger partial charge in [-0.2, -0.15) is 0 Å². The van der Waals surface area contributed by atoms with Gasteiger partial charge in [-0.25, -0.2) is 0 Å². The van der Waals surface area contributed by atoms with E-state index < -0.39 is 0 Å². The van der Waals surface area contributed by atoms with E-state index in [4.69, 9.17) is 14.2 Å². The van der Waals surface area contributed by atoms with Crippen LogP contribution in [0.2, 0.25) is 0 Å². The first-order valence-electron chi connectivity index (χ1n) is 6.95. The van der Waals surface area contributed by atoms with Crippen LogP contribution in [0, 0.1) is 0 Å². The number of ether oxygens (including phenoxy) is 3. The molecule has 1 rings (SSSR count). The minimum Gasteiger partial charge on any atom is -0.491 e. The van der Waals surface area contributed by atoms with Gasteiger partial charge >= 0.3 is 0 Å². The summed E-state index contributed by atoms with van der Waals surface area (Å²) < 4.78 is 15.6. The van der Waals surface area contributed by atoms with Gasteiger partial charge in [0.1, 0.15) is 12.4 Å². The topological polar surface area (TPSA) is 39.7 Å². The Morgan fingerprint density at radius 1 is 1.00 bits per heavy atom. The number of benzene rings is 1. The predicted molar refractivity (Wildman–Crippen MR) is 82.2 cm³/mol. The maximum Gasteiger partial charge on any atom is 0.126 e. The molecule has 0 aromatic heterocycles. The molecule has 112 valence electrons. The van der Waals surface area contributed by atoms with E-state index in [1.54, 1.807) is 14.2 Å². The lowest BCUT2D eigenvalue weighted by atomic mass is 10.2. The molecule has 0 fully saturated rings. The summed E-state index contributed by atoms with van der Waals surface area (Å²) in [5.74, 6) is 0.896.